The number of nitrogens with one attached hydrogen (secondary N) is 1. The minimum atomic E-state index is -0.219. The monoisotopic (exact) mass is 352 g/mol. The van der Waals surface area contributed by atoms with Gasteiger partial charge in [0.2, 0.25) is 0 Å². The number of aromatic nitrogens is 1. The number of amides is 1. The van der Waals surface area contributed by atoms with Gasteiger partial charge in [-0.3, -0.25) is 4.79 Å². The number of carbonyl (C=O) groups excluding carboxylic acids is 1. The van der Waals surface area contributed by atoms with Crippen molar-refractivity contribution in [3.05, 3.63) is 65.9 Å². The van der Waals surface area contributed by atoms with Gasteiger partial charge >= 0.3 is 0 Å². The van der Waals surface area contributed by atoms with Crippen LogP contribution in [0.5, 0.6) is 11.5 Å². The smallest absolute Gasteiger partial charge is 0.255 e. The third-order valence-electron chi connectivity index (χ3n) is 3.80. The first kappa shape index (κ1) is 17.5. The Morgan fingerprint density at radius 2 is 1.92 bits per heavy atom. The number of carbonyl (C=O) groups is 1. The Balaban J connectivity index is 1.65. The van der Waals surface area contributed by atoms with Crippen LogP contribution in [-0.4, -0.2) is 24.8 Å². The molecule has 0 fully saturated rings. The quantitative estimate of drug-likeness (QED) is 0.702. The second-order valence-corrected chi connectivity index (χ2v) is 5.52. The molecule has 2 aromatic carbocycles. The molecule has 6 heteroatoms. The average Bonchev–Trinajstić information content (AvgIpc) is 3.16. The van der Waals surface area contributed by atoms with Crippen molar-refractivity contribution >= 4 is 5.91 Å². The summed E-state index contributed by atoms with van der Waals surface area (Å²) in [5, 5.41) is 6.84. The van der Waals surface area contributed by atoms with Crippen molar-refractivity contribution in [3.63, 3.8) is 0 Å². The Kier molecular flexibility index (Phi) is 5.53. The first-order valence-electron chi connectivity index (χ1n) is 8.31. The summed E-state index contributed by atoms with van der Waals surface area (Å²) in [5.74, 6) is 1.75. The fraction of sp³-hybridized carbons (Fsp3) is 0.200. The molecule has 0 atom stereocenters. The van der Waals surface area contributed by atoms with Crippen LogP contribution in [0.15, 0.2) is 59.1 Å². The minimum Gasteiger partial charge on any atom is -0.497 e. The lowest BCUT2D eigenvalue weighted by molar-refractivity contribution is 0.0946. The first-order valence-corrected chi connectivity index (χ1v) is 8.31. The van der Waals surface area contributed by atoms with E-state index < -0.39 is 0 Å². The molecule has 1 aromatic heterocycles. The Hall–Kier alpha value is -3.28. The summed E-state index contributed by atoms with van der Waals surface area (Å²) in [6.07, 6.45) is 0. The van der Waals surface area contributed by atoms with E-state index in [2.05, 4.69) is 10.5 Å². The molecular formula is C20H20N2O4. The van der Waals surface area contributed by atoms with Gasteiger partial charge in [-0.15, -0.1) is 0 Å². The molecule has 3 aromatic rings. The van der Waals surface area contributed by atoms with Gasteiger partial charge in [-0.1, -0.05) is 17.3 Å². The van der Waals surface area contributed by atoms with Crippen molar-refractivity contribution in [1.82, 2.24) is 10.5 Å². The fourth-order valence-corrected chi connectivity index (χ4v) is 2.49. The number of hydrogen-bond acceptors (Lipinski definition) is 5. The van der Waals surface area contributed by atoms with E-state index in [1.165, 1.54) is 0 Å². The topological polar surface area (TPSA) is 73.6 Å². The van der Waals surface area contributed by atoms with Crippen LogP contribution < -0.4 is 14.8 Å². The fourth-order valence-electron chi connectivity index (χ4n) is 2.49. The molecule has 1 heterocycles. The van der Waals surface area contributed by atoms with Crippen molar-refractivity contribution < 1.29 is 18.8 Å². The zero-order chi connectivity index (χ0) is 18.4. The molecule has 1 amide bonds. The van der Waals surface area contributed by atoms with Gasteiger partial charge in [-0.2, -0.15) is 0 Å². The molecular weight excluding hydrogens is 332 g/mol. The van der Waals surface area contributed by atoms with Crippen LogP contribution in [0, 0.1) is 0 Å². The summed E-state index contributed by atoms with van der Waals surface area (Å²) in [7, 11) is 1.62. The van der Waals surface area contributed by atoms with Crippen LogP contribution in [0.2, 0.25) is 0 Å². The Morgan fingerprint density at radius 1 is 1.15 bits per heavy atom. The molecule has 0 aliphatic carbocycles. The highest BCUT2D eigenvalue weighted by molar-refractivity contribution is 5.96. The average molecular weight is 352 g/mol. The Bertz CT molecular complexity index is 872. The molecule has 26 heavy (non-hydrogen) atoms. The summed E-state index contributed by atoms with van der Waals surface area (Å²) in [5.41, 5.74) is 2.02. The normalized spacial score (nSPS) is 10.4. The van der Waals surface area contributed by atoms with Crippen LogP contribution in [0.3, 0.4) is 0 Å². The van der Waals surface area contributed by atoms with Gasteiger partial charge in [-0.05, 0) is 43.3 Å². The predicted octanol–water partition coefficient (Wildman–Crippen LogP) is 3.68. The zero-order valence-electron chi connectivity index (χ0n) is 14.7. The highest BCUT2D eigenvalue weighted by Gasteiger charge is 2.13. The lowest BCUT2D eigenvalue weighted by Gasteiger charge is -2.09. The third kappa shape index (κ3) is 4.03. The van der Waals surface area contributed by atoms with Gasteiger partial charge in [0.1, 0.15) is 17.2 Å². The van der Waals surface area contributed by atoms with E-state index in [1.54, 1.807) is 31.4 Å². The van der Waals surface area contributed by atoms with Gasteiger partial charge < -0.3 is 19.3 Å². The van der Waals surface area contributed by atoms with Crippen molar-refractivity contribution in [3.8, 4) is 22.8 Å². The number of methoxy groups -OCH3 is 1. The Labute approximate surface area is 151 Å². The molecule has 134 valence electrons. The van der Waals surface area contributed by atoms with E-state index in [1.807, 2.05) is 37.3 Å². The summed E-state index contributed by atoms with van der Waals surface area (Å²) in [4.78, 5) is 12.4. The maximum atomic E-state index is 12.4. The van der Waals surface area contributed by atoms with Crippen LogP contribution in [0.1, 0.15) is 23.0 Å². The standard InChI is InChI=1S/C20H20N2O4/c1-3-25-18-7-5-4-6-17(18)20(23)21-13-15-12-19(26-22-15)14-8-10-16(24-2)11-9-14/h4-12H,3,13H2,1-2H3,(H,21,23). The van der Waals surface area contributed by atoms with E-state index >= 15 is 0 Å². The number of para-hydroxylation sites is 1. The van der Waals surface area contributed by atoms with Crippen LogP contribution in [0.4, 0.5) is 0 Å². The van der Waals surface area contributed by atoms with E-state index in [0.717, 1.165) is 11.3 Å². The molecule has 6 nitrogen and oxygen atoms in total. The maximum Gasteiger partial charge on any atom is 0.255 e. The molecule has 0 saturated heterocycles. The molecule has 0 saturated carbocycles. The lowest BCUT2D eigenvalue weighted by Crippen LogP contribution is -2.23. The largest absolute Gasteiger partial charge is 0.497 e. The molecule has 3 rings (SSSR count). The van der Waals surface area contributed by atoms with Crippen LogP contribution >= 0.6 is 0 Å². The molecule has 0 aliphatic rings. The molecule has 0 unspecified atom stereocenters. The van der Waals surface area contributed by atoms with Gasteiger partial charge in [0.25, 0.3) is 5.91 Å². The summed E-state index contributed by atoms with van der Waals surface area (Å²) >= 11 is 0. The highest BCUT2D eigenvalue weighted by atomic mass is 16.5. The molecule has 0 aliphatic heterocycles. The van der Waals surface area contributed by atoms with Crippen molar-refractivity contribution in [2.75, 3.05) is 13.7 Å². The summed E-state index contributed by atoms with van der Waals surface area (Å²) in [6, 6.07) is 16.4. The Morgan fingerprint density at radius 3 is 2.65 bits per heavy atom. The zero-order valence-corrected chi connectivity index (χ0v) is 14.7. The highest BCUT2D eigenvalue weighted by Crippen LogP contribution is 2.23. The number of rotatable bonds is 7. The van der Waals surface area contributed by atoms with Crippen LogP contribution in [-0.2, 0) is 6.54 Å². The van der Waals surface area contributed by atoms with Crippen molar-refractivity contribution in [1.29, 1.82) is 0 Å². The first-order chi connectivity index (χ1) is 12.7. The van der Waals surface area contributed by atoms with E-state index in [4.69, 9.17) is 14.0 Å². The maximum absolute atomic E-state index is 12.4. The third-order valence-corrected chi connectivity index (χ3v) is 3.80. The van der Waals surface area contributed by atoms with E-state index in [0.29, 0.717) is 29.4 Å². The van der Waals surface area contributed by atoms with Crippen molar-refractivity contribution in [2.45, 2.75) is 13.5 Å². The van der Waals surface area contributed by atoms with Gasteiger partial charge in [0.05, 0.1) is 25.8 Å². The number of hydrogen-bond donors (Lipinski definition) is 1. The van der Waals surface area contributed by atoms with E-state index in [-0.39, 0.29) is 12.5 Å². The lowest BCUT2D eigenvalue weighted by atomic mass is 10.1. The summed E-state index contributed by atoms with van der Waals surface area (Å²) < 4.78 is 16.0. The molecule has 0 bridgehead atoms. The van der Waals surface area contributed by atoms with Crippen LogP contribution in [0.25, 0.3) is 11.3 Å². The van der Waals surface area contributed by atoms with Gasteiger partial charge in [-0.25, -0.2) is 0 Å². The second-order valence-electron chi connectivity index (χ2n) is 5.52. The predicted molar refractivity (Wildman–Crippen MR) is 97.3 cm³/mol. The van der Waals surface area contributed by atoms with E-state index in [9.17, 15) is 4.79 Å². The number of ether oxygens (including phenoxy) is 2. The SMILES string of the molecule is CCOc1ccccc1C(=O)NCc1cc(-c2ccc(OC)cc2)on1. The van der Waals surface area contributed by atoms with Gasteiger partial charge in [0, 0.05) is 11.6 Å². The minimum absolute atomic E-state index is 0.219. The number of nitrogens with zero attached hydrogens (tertiary/aromatic N) is 1. The number of benzene rings is 2. The molecule has 0 spiro atoms. The molecule has 1 N–H and O–H groups in total. The van der Waals surface area contributed by atoms with Crippen molar-refractivity contribution in [2.24, 2.45) is 0 Å². The molecule has 0 radical (unpaired) electrons. The van der Waals surface area contributed by atoms with Gasteiger partial charge in [0.15, 0.2) is 5.76 Å². The summed E-state index contributed by atoms with van der Waals surface area (Å²) in [6.45, 7) is 2.64. The second kappa shape index (κ2) is 8.20.